The number of hydrogen-bond acceptors (Lipinski definition) is 4. The van der Waals surface area contributed by atoms with Crippen LogP contribution in [0.1, 0.15) is 12.0 Å². The lowest BCUT2D eigenvalue weighted by Gasteiger charge is -2.26. The molecule has 1 saturated heterocycles. The highest BCUT2D eigenvalue weighted by Crippen LogP contribution is 2.21. The van der Waals surface area contributed by atoms with Gasteiger partial charge >= 0.3 is 6.03 Å². The number of carbonyl (C=O) groups excluding carboxylic acids is 2. The fourth-order valence-corrected chi connectivity index (χ4v) is 1.79. The van der Waals surface area contributed by atoms with Gasteiger partial charge in [-0.05, 0) is 18.2 Å². The number of urea groups is 1. The van der Waals surface area contributed by atoms with Crippen LogP contribution in [0.25, 0.3) is 0 Å². The Hall–Kier alpha value is -2.37. The Morgan fingerprint density at radius 1 is 1.44 bits per heavy atom. The number of nitrogen functional groups attached to an aromatic ring is 1. The second kappa shape index (κ2) is 4.87. The van der Waals surface area contributed by atoms with E-state index < -0.39 is 6.03 Å². The van der Waals surface area contributed by atoms with E-state index in [4.69, 9.17) is 5.73 Å². The summed E-state index contributed by atoms with van der Waals surface area (Å²) in [5, 5.41) is 2.28. The van der Waals surface area contributed by atoms with E-state index in [0.29, 0.717) is 24.3 Å². The molecule has 1 fully saturated rings. The predicted octanol–water partition coefficient (Wildman–Crippen LogP) is 0.764. The van der Waals surface area contributed by atoms with Gasteiger partial charge in [0.2, 0.25) is 5.91 Å². The highest BCUT2D eigenvalue weighted by molar-refractivity contribution is 6.06. The normalized spacial score (nSPS) is 16.2. The molecule has 1 aromatic rings. The van der Waals surface area contributed by atoms with E-state index in [9.17, 15) is 9.59 Å². The lowest BCUT2D eigenvalue weighted by molar-refractivity contribution is -0.120. The van der Waals surface area contributed by atoms with Gasteiger partial charge in [0, 0.05) is 43.2 Å². The van der Waals surface area contributed by atoms with Crippen molar-refractivity contribution in [1.82, 2.24) is 5.32 Å². The first-order chi connectivity index (χ1) is 8.61. The molecule has 0 saturated carbocycles. The average Bonchev–Trinajstić information content (AvgIpc) is 2.33. The molecule has 94 valence electrons. The van der Waals surface area contributed by atoms with Gasteiger partial charge in [0.25, 0.3) is 0 Å². The Kier molecular flexibility index (Phi) is 3.27. The Balaban J connectivity index is 2.31. The molecular formula is C12H14N4O2. The van der Waals surface area contributed by atoms with E-state index >= 15 is 0 Å². The van der Waals surface area contributed by atoms with Crippen molar-refractivity contribution in [3.63, 3.8) is 0 Å². The van der Waals surface area contributed by atoms with Crippen LogP contribution in [0.15, 0.2) is 23.2 Å². The maximum atomic E-state index is 11.7. The fourth-order valence-electron chi connectivity index (χ4n) is 1.79. The third-order valence-corrected chi connectivity index (χ3v) is 2.70. The maximum Gasteiger partial charge on any atom is 0.328 e. The Bertz CT molecular complexity index is 525. The number of anilines is 2. The van der Waals surface area contributed by atoms with Crippen LogP contribution in [0, 0.1) is 0 Å². The Labute approximate surface area is 104 Å². The van der Waals surface area contributed by atoms with Crippen molar-refractivity contribution in [3.05, 3.63) is 23.8 Å². The summed E-state index contributed by atoms with van der Waals surface area (Å²) in [7, 11) is 1.65. The highest BCUT2D eigenvalue weighted by Gasteiger charge is 2.24. The minimum Gasteiger partial charge on any atom is -0.398 e. The van der Waals surface area contributed by atoms with Gasteiger partial charge in [0.15, 0.2) is 0 Å². The van der Waals surface area contributed by atoms with Gasteiger partial charge in [-0.15, -0.1) is 0 Å². The van der Waals surface area contributed by atoms with Crippen molar-refractivity contribution in [2.75, 3.05) is 24.2 Å². The largest absolute Gasteiger partial charge is 0.398 e. The van der Waals surface area contributed by atoms with Crippen LogP contribution in [0.5, 0.6) is 0 Å². The number of rotatable bonds is 2. The summed E-state index contributed by atoms with van der Waals surface area (Å²) in [4.78, 5) is 28.2. The molecule has 3 N–H and O–H groups in total. The molecule has 0 unspecified atom stereocenters. The second-order valence-corrected chi connectivity index (χ2v) is 3.96. The molecule has 3 amide bonds. The molecule has 6 heteroatoms. The van der Waals surface area contributed by atoms with Crippen molar-refractivity contribution in [1.29, 1.82) is 0 Å². The van der Waals surface area contributed by atoms with Gasteiger partial charge < -0.3 is 5.73 Å². The number of amides is 3. The van der Waals surface area contributed by atoms with Crippen LogP contribution in [0.2, 0.25) is 0 Å². The summed E-state index contributed by atoms with van der Waals surface area (Å²) in [6.45, 7) is 0.372. The summed E-state index contributed by atoms with van der Waals surface area (Å²) in [6.07, 6.45) is 1.93. The number of imide groups is 1. The molecule has 18 heavy (non-hydrogen) atoms. The van der Waals surface area contributed by atoms with E-state index in [0.717, 1.165) is 5.56 Å². The van der Waals surface area contributed by atoms with E-state index in [-0.39, 0.29) is 5.91 Å². The summed E-state index contributed by atoms with van der Waals surface area (Å²) < 4.78 is 0. The zero-order valence-electron chi connectivity index (χ0n) is 10.0. The third-order valence-electron chi connectivity index (χ3n) is 2.70. The molecule has 0 bridgehead atoms. The van der Waals surface area contributed by atoms with Crippen molar-refractivity contribution in [2.45, 2.75) is 6.42 Å². The van der Waals surface area contributed by atoms with Gasteiger partial charge in [-0.2, -0.15) is 0 Å². The summed E-state index contributed by atoms with van der Waals surface area (Å²) >= 11 is 0. The number of nitrogens with one attached hydrogen (secondary N) is 1. The molecule has 0 spiro atoms. The minimum absolute atomic E-state index is 0.248. The van der Waals surface area contributed by atoms with Crippen molar-refractivity contribution in [2.24, 2.45) is 4.99 Å². The monoisotopic (exact) mass is 246 g/mol. The van der Waals surface area contributed by atoms with Crippen molar-refractivity contribution < 1.29 is 9.59 Å². The number of aliphatic imine (C=N–C) groups is 1. The van der Waals surface area contributed by atoms with Gasteiger partial charge in [-0.25, -0.2) is 4.79 Å². The van der Waals surface area contributed by atoms with Crippen molar-refractivity contribution >= 4 is 29.5 Å². The van der Waals surface area contributed by atoms with Crippen LogP contribution in [-0.4, -0.2) is 31.7 Å². The summed E-state index contributed by atoms with van der Waals surface area (Å²) in [6, 6.07) is 4.83. The molecule has 0 aliphatic carbocycles. The first-order valence-electron chi connectivity index (χ1n) is 5.55. The average molecular weight is 246 g/mol. The highest BCUT2D eigenvalue weighted by atomic mass is 16.2. The predicted molar refractivity (Wildman–Crippen MR) is 69.9 cm³/mol. The molecule has 0 aromatic heterocycles. The SMILES string of the molecule is CN=Cc1cc(N2CCC(=O)NC2=O)ccc1N. The summed E-state index contributed by atoms with van der Waals surface area (Å²) in [5.74, 6) is -0.248. The molecule has 1 aliphatic rings. The molecular weight excluding hydrogens is 232 g/mol. The molecule has 1 heterocycles. The van der Waals surface area contributed by atoms with Crippen LogP contribution >= 0.6 is 0 Å². The Morgan fingerprint density at radius 3 is 2.89 bits per heavy atom. The number of benzene rings is 1. The number of hydrogen-bond donors (Lipinski definition) is 2. The van der Waals surface area contributed by atoms with E-state index in [2.05, 4.69) is 10.3 Å². The van der Waals surface area contributed by atoms with Crippen LogP contribution in [-0.2, 0) is 4.79 Å². The van der Waals surface area contributed by atoms with Crippen LogP contribution in [0.4, 0.5) is 16.2 Å². The first-order valence-corrected chi connectivity index (χ1v) is 5.55. The van der Waals surface area contributed by atoms with E-state index in [1.165, 1.54) is 4.90 Å². The van der Waals surface area contributed by atoms with Gasteiger partial charge in [0.05, 0.1) is 0 Å². The van der Waals surface area contributed by atoms with Gasteiger partial charge in [-0.1, -0.05) is 0 Å². The standard InChI is InChI=1S/C12H14N4O2/c1-14-7-8-6-9(2-3-10(8)13)16-5-4-11(17)15-12(16)18/h2-3,6-7H,4-5,13H2,1H3,(H,15,17,18). The van der Waals surface area contributed by atoms with Crippen LogP contribution in [0.3, 0.4) is 0 Å². The van der Waals surface area contributed by atoms with E-state index in [1.807, 2.05) is 0 Å². The summed E-state index contributed by atoms with van der Waals surface area (Å²) in [5.41, 5.74) is 7.84. The smallest absolute Gasteiger partial charge is 0.328 e. The quantitative estimate of drug-likeness (QED) is 0.596. The van der Waals surface area contributed by atoms with Crippen molar-refractivity contribution in [3.8, 4) is 0 Å². The van der Waals surface area contributed by atoms with Gasteiger partial charge in [-0.3, -0.25) is 20.0 Å². The van der Waals surface area contributed by atoms with E-state index in [1.54, 1.807) is 31.5 Å². The minimum atomic E-state index is -0.407. The molecule has 1 aliphatic heterocycles. The third kappa shape index (κ3) is 2.32. The first kappa shape index (κ1) is 12.1. The lowest BCUT2D eigenvalue weighted by Crippen LogP contribution is -2.49. The molecule has 1 aromatic carbocycles. The Morgan fingerprint density at radius 2 is 2.22 bits per heavy atom. The fraction of sp³-hybridized carbons (Fsp3) is 0.250. The topological polar surface area (TPSA) is 87.8 Å². The van der Waals surface area contributed by atoms with Gasteiger partial charge in [0.1, 0.15) is 0 Å². The zero-order valence-corrected chi connectivity index (χ0v) is 10.0. The molecule has 2 rings (SSSR count). The molecule has 0 radical (unpaired) electrons. The number of nitrogens with zero attached hydrogens (tertiary/aromatic N) is 2. The van der Waals surface area contributed by atoms with Crippen LogP contribution < -0.4 is 16.0 Å². The number of nitrogens with two attached hydrogens (primary N) is 1. The molecule has 0 atom stereocenters. The molecule has 6 nitrogen and oxygen atoms in total. The zero-order chi connectivity index (χ0) is 13.1. The maximum absolute atomic E-state index is 11.7. The lowest BCUT2D eigenvalue weighted by atomic mass is 10.1. The number of carbonyl (C=O) groups is 2. The second-order valence-electron chi connectivity index (χ2n) is 3.96.